The van der Waals surface area contributed by atoms with Gasteiger partial charge in [0.05, 0.1) is 5.71 Å². The van der Waals surface area contributed by atoms with Gasteiger partial charge in [-0.2, -0.15) is 4.98 Å². The number of nitrogens with two attached hydrogens (primary N) is 1. The molecule has 8 heteroatoms. The van der Waals surface area contributed by atoms with Crippen molar-refractivity contribution in [3.63, 3.8) is 0 Å². The number of allylic oxidation sites excluding steroid dienone is 1. The minimum absolute atomic E-state index is 0.0188. The molecule has 1 amide bonds. The summed E-state index contributed by atoms with van der Waals surface area (Å²) in [6.45, 7) is 5.47. The van der Waals surface area contributed by atoms with Crippen molar-refractivity contribution in [2.75, 3.05) is 32.9 Å². The smallest absolute Gasteiger partial charge is 0.246 e. The number of nitrogen functional groups attached to an aromatic ring is 1. The minimum atomic E-state index is -0.632. The number of hydrogen-bond acceptors (Lipinski definition) is 7. The SMILES string of the molecule is CN(C)CCNC(=O)C=C1CCC(c2ccc(C3=Nc4c(N)ncnc4OC3(C)C)cc2)CC1. The van der Waals surface area contributed by atoms with Crippen LogP contribution in [0.5, 0.6) is 5.88 Å². The summed E-state index contributed by atoms with van der Waals surface area (Å²) in [5.74, 6) is 1.23. The van der Waals surface area contributed by atoms with Gasteiger partial charge in [-0.1, -0.05) is 29.8 Å². The quantitative estimate of drug-likeness (QED) is 0.635. The van der Waals surface area contributed by atoms with E-state index in [1.54, 1.807) is 6.08 Å². The number of carbonyl (C=O) groups excluding carboxylic acids is 1. The van der Waals surface area contributed by atoms with E-state index >= 15 is 0 Å². The molecule has 0 spiro atoms. The molecule has 1 fully saturated rings. The van der Waals surface area contributed by atoms with Crippen LogP contribution in [0, 0.1) is 0 Å². The molecule has 180 valence electrons. The molecular formula is C26H34N6O2. The number of aliphatic imine (C=N–C) groups is 1. The lowest BCUT2D eigenvalue weighted by atomic mass is 9.81. The van der Waals surface area contributed by atoms with Crippen LogP contribution in [-0.4, -0.2) is 59.3 Å². The Hall–Kier alpha value is -3.26. The Balaban J connectivity index is 1.41. The fourth-order valence-electron chi connectivity index (χ4n) is 4.52. The Bertz CT molecular complexity index is 1090. The highest BCUT2D eigenvalue weighted by molar-refractivity contribution is 6.09. The summed E-state index contributed by atoms with van der Waals surface area (Å²) in [6.07, 6.45) is 7.20. The molecule has 2 aromatic rings. The molecule has 0 atom stereocenters. The number of hydrogen-bond donors (Lipinski definition) is 2. The highest BCUT2D eigenvalue weighted by atomic mass is 16.5. The summed E-state index contributed by atoms with van der Waals surface area (Å²) >= 11 is 0. The van der Waals surface area contributed by atoms with Gasteiger partial charge in [0.2, 0.25) is 11.8 Å². The summed E-state index contributed by atoms with van der Waals surface area (Å²) in [7, 11) is 4.00. The van der Waals surface area contributed by atoms with E-state index < -0.39 is 5.60 Å². The maximum Gasteiger partial charge on any atom is 0.246 e. The molecule has 1 aliphatic carbocycles. The van der Waals surface area contributed by atoms with Gasteiger partial charge < -0.3 is 20.7 Å². The Morgan fingerprint density at radius 3 is 2.59 bits per heavy atom. The summed E-state index contributed by atoms with van der Waals surface area (Å²) in [5, 5.41) is 2.96. The first-order valence-corrected chi connectivity index (χ1v) is 11.8. The van der Waals surface area contributed by atoms with Crippen LogP contribution in [0.4, 0.5) is 11.5 Å². The minimum Gasteiger partial charge on any atom is -0.463 e. The predicted molar refractivity (Wildman–Crippen MR) is 135 cm³/mol. The first-order chi connectivity index (χ1) is 16.2. The Morgan fingerprint density at radius 2 is 1.91 bits per heavy atom. The molecule has 0 radical (unpaired) electrons. The van der Waals surface area contributed by atoms with Crippen molar-refractivity contribution in [3.05, 3.63) is 53.4 Å². The van der Waals surface area contributed by atoms with Crippen molar-refractivity contribution in [1.29, 1.82) is 0 Å². The monoisotopic (exact) mass is 462 g/mol. The maximum absolute atomic E-state index is 12.1. The van der Waals surface area contributed by atoms with Crippen LogP contribution >= 0.6 is 0 Å². The van der Waals surface area contributed by atoms with Gasteiger partial charge in [-0.25, -0.2) is 9.98 Å². The van der Waals surface area contributed by atoms with E-state index in [4.69, 9.17) is 15.5 Å². The number of carbonyl (C=O) groups is 1. The number of aromatic nitrogens is 2. The molecule has 0 bridgehead atoms. The fourth-order valence-corrected chi connectivity index (χ4v) is 4.52. The van der Waals surface area contributed by atoms with E-state index in [0.29, 0.717) is 29.8 Å². The summed E-state index contributed by atoms with van der Waals surface area (Å²) in [5.41, 5.74) is 10.2. The second kappa shape index (κ2) is 9.93. The molecule has 1 aromatic carbocycles. The number of benzene rings is 1. The van der Waals surface area contributed by atoms with E-state index in [9.17, 15) is 4.79 Å². The zero-order valence-electron chi connectivity index (χ0n) is 20.5. The Morgan fingerprint density at radius 1 is 1.21 bits per heavy atom. The zero-order valence-corrected chi connectivity index (χ0v) is 20.5. The van der Waals surface area contributed by atoms with Crippen molar-refractivity contribution in [3.8, 4) is 5.88 Å². The van der Waals surface area contributed by atoms with Crippen LogP contribution < -0.4 is 15.8 Å². The van der Waals surface area contributed by atoms with Gasteiger partial charge in [0.15, 0.2) is 11.5 Å². The van der Waals surface area contributed by atoms with Crippen molar-refractivity contribution in [1.82, 2.24) is 20.2 Å². The molecule has 1 aliphatic heterocycles. The van der Waals surface area contributed by atoms with Gasteiger partial charge in [0.25, 0.3) is 0 Å². The van der Waals surface area contributed by atoms with Crippen LogP contribution in [0.15, 0.2) is 47.2 Å². The zero-order chi connectivity index (χ0) is 24.3. The van der Waals surface area contributed by atoms with Gasteiger partial charge in [0.1, 0.15) is 11.9 Å². The molecule has 0 unspecified atom stereocenters. The second-order valence-corrected chi connectivity index (χ2v) is 9.78. The van der Waals surface area contributed by atoms with E-state index in [1.807, 2.05) is 27.9 Å². The van der Waals surface area contributed by atoms with Crippen LogP contribution in [-0.2, 0) is 4.79 Å². The number of nitrogens with zero attached hydrogens (tertiary/aromatic N) is 4. The van der Waals surface area contributed by atoms with Crippen molar-refractivity contribution >= 4 is 23.1 Å². The predicted octanol–water partition coefficient (Wildman–Crippen LogP) is 3.61. The molecule has 34 heavy (non-hydrogen) atoms. The Kier molecular flexibility index (Phi) is 6.97. The lowest BCUT2D eigenvalue weighted by Crippen LogP contribution is -2.41. The van der Waals surface area contributed by atoms with Crippen molar-refractivity contribution in [2.24, 2.45) is 4.99 Å². The molecule has 1 saturated carbocycles. The molecule has 1 aromatic heterocycles. The first kappa shape index (κ1) is 23.9. The number of nitrogens with one attached hydrogen (secondary N) is 1. The average molecular weight is 463 g/mol. The largest absolute Gasteiger partial charge is 0.463 e. The number of rotatable bonds is 6. The molecule has 2 aliphatic rings. The lowest BCUT2D eigenvalue weighted by Gasteiger charge is -2.32. The van der Waals surface area contributed by atoms with E-state index in [2.05, 4.69) is 44.5 Å². The molecule has 2 heterocycles. The van der Waals surface area contributed by atoms with Crippen molar-refractivity contribution in [2.45, 2.75) is 51.0 Å². The van der Waals surface area contributed by atoms with Gasteiger partial charge in [-0.3, -0.25) is 4.79 Å². The highest BCUT2D eigenvalue weighted by Crippen LogP contribution is 2.39. The highest BCUT2D eigenvalue weighted by Gasteiger charge is 2.35. The molecule has 0 saturated heterocycles. The van der Waals surface area contributed by atoms with E-state index in [0.717, 1.165) is 43.5 Å². The van der Waals surface area contributed by atoms with Gasteiger partial charge in [-0.05, 0) is 65.1 Å². The fraction of sp³-hybridized carbons (Fsp3) is 0.462. The van der Waals surface area contributed by atoms with E-state index in [1.165, 1.54) is 17.5 Å². The Labute approximate surface area is 201 Å². The number of anilines is 1. The number of amides is 1. The summed E-state index contributed by atoms with van der Waals surface area (Å²) in [4.78, 5) is 27.2. The van der Waals surface area contributed by atoms with E-state index in [-0.39, 0.29) is 5.91 Å². The average Bonchev–Trinajstić information content (AvgIpc) is 2.79. The lowest BCUT2D eigenvalue weighted by molar-refractivity contribution is -0.116. The summed E-state index contributed by atoms with van der Waals surface area (Å²) in [6, 6.07) is 8.57. The molecule has 4 rings (SSSR count). The normalized spacial score (nSPS) is 19.1. The van der Waals surface area contributed by atoms with Crippen molar-refractivity contribution < 1.29 is 9.53 Å². The standard InChI is InChI=1S/C26H34N6O2/c1-26(2)23(31-22-24(27)29-16-30-25(22)34-26)20-11-9-19(10-12-20)18-7-5-17(6-8-18)15-21(33)28-13-14-32(3)4/h9-12,15-16,18H,5-8,13-14H2,1-4H3,(H,28,33)(H2,27,29,30). The van der Waals surface area contributed by atoms with Crippen LogP contribution in [0.2, 0.25) is 0 Å². The third kappa shape index (κ3) is 5.44. The maximum atomic E-state index is 12.1. The second-order valence-electron chi connectivity index (χ2n) is 9.78. The number of ether oxygens (including phenoxy) is 1. The number of fused-ring (bicyclic) bond motifs is 1. The van der Waals surface area contributed by atoms with Gasteiger partial charge in [0, 0.05) is 24.7 Å². The molecule has 8 nitrogen and oxygen atoms in total. The van der Waals surface area contributed by atoms with Gasteiger partial charge in [-0.15, -0.1) is 0 Å². The molecule has 3 N–H and O–H groups in total. The summed E-state index contributed by atoms with van der Waals surface area (Å²) < 4.78 is 6.09. The topological polar surface area (TPSA) is 106 Å². The molecular weight excluding hydrogens is 428 g/mol. The number of likely N-dealkylation sites (N-methyl/N-ethyl adjacent to an activating group) is 1. The third-order valence-electron chi connectivity index (χ3n) is 6.44. The third-order valence-corrected chi connectivity index (χ3v) is 6.44. The first-order valence-electron chi connectivity index (χ1n) is 11.8. The van der Waals surface area contributed by atoms with Crippen LogP contribution in [0.3, 0.4) is 0 Å². The van der Waals surface area contributed by atoms with Crippen LogP contribution in [0.1, 0.15) is 56.6 Å². The van der Waals surface area contributed by atoms with Gasteiger partial charge >= 0.3 is 0 Å². The van der Waals surface area contributed by atoms with Crippen LogP contribution in [0.25, 0.3) is 0 Å².